The van der Waals surface area contributed by atoms with Gasteiger partial charge in [-0.2, -0.15) is 0 Å². The van der Waals surface area contributed by atoms with Gasteiger partial charge < -0.3 is 5.48 Å². The van der Waals surface area contributed by atoms with Crippen LogP contribution in [0.4, 0.5) is 5.69 Å². The van der Waals surface area contributed by atoms with Gasteiger partial charge in [0, 0.05) is 0 Å². The zero-order valence-corrected chi connectivity index (χ0v) is 12.4. The number of hydrogen-bond acceptors (Lipinski definition) is 1. The van der Waals surface area contributed by atoms with E-state index in [4.69, 9.17) is 0 Å². The Bertz CT molecular complexity index is 301. The summed E-state index contributed by atoms with van der Waals surface area (Å²) in [7, 11) is 0. The lowest BCUT2D eigenvalue weighted by Crippen LogP contribution is -2.51. The van der Waals surface area contributed by atoms with E-state index in [1.54, 1.807) is 0 Å². The molecule has 0 saturated carbocycles. The Morgan fingerprint density at radius 3 is 1.50 bits per heavy atom. The van der Waals surface area contributed by atoms with Crippen molar-refractivity contribution < 1.29 is 5.48 Å². The van der Waals surface area contributed by atoms with Crippen molar-refractivity contribution in [3.63, 3.8) is 0 Å². The highest BCUT2D eigenvalue weighted by Crippen LogP contribution is 2.25. The first-order chi connectivity index (χ1) is 8.18. The van der Waals surface area contributed by atoms with Gasteiger partial charge in [-0.15, -0.1) is 0 Å². The molecule has 0 bridgehead atoms. The zero-order chi connectivity index (χ0) is 12.7. The number of nitrogens with zero attached hydrogens (tertiary/aromatic N) is 1. The molecule has 0 aromatic heterocycles. The third-order valence-corrected chi connectivity index (χ3v) is 3.54. The Morgan fingerprint density at radius 1 is 0.778 bits per heavy atom. The fourth-order valence-corrected chi connectivity index (χ4v) is 2.87. The molecule has 18 heavy (non-hydrogen) atoms. The summed E-state index contributed by atoms with van der Waals surface area (Å²) in [4.78, 5) is 0. The molecule has 0 fully saturated rings. The number of hydrogen-bond donors (Lipinski definition) is 0. The van der Waals surface area contributed by atoms with Gasteiger partial charge in [0.2, 0.25) is 0 Å². The second-order valence-electron chi connectivity index (χ2n) is 5.15. The average molecular weight is 251 g/mol. The van der Waals surface area contributed by atoms with E-state index >= 15 is 0 Å². The summed E-state index contributed by atoms with van der Waals surface area (Å²) >= 11 is 0. The van der Waals surface area contributed by atoms with Gasteiger partial charge >= 0.3 is 0 Å². The van der Waals surface area contributed by atoms with Crippen LogP contribution < -0.4 is 4.48 Å². The van der Waals surface area contributed by atoms with Crippen LogP contribution >= 0.6 is 0 Å². The SMILES string of the molecule is CCC[N+](CCC)(CCC)c1ccc(C)cc1.[OH-]. The van der Waals surface area contributed by atoms with Crippen molar-refractivity contribution in [2.75, 3.05) is 19.6 Å². The van der Waals surface area contributed by atoms with Crippen molar-refractivity contribution >= 4 is 5.69 Å². The smallest absolute Gasteiger partial charge is 0.132 e. The molecular weight excluding hydrogens is 222 g/mol. The first-order valence-corrected chi connectivity index (χ1v) is 7.11. The summed E-state index contributed by atoms with van der Waals surface area (Å²) in [5, 5.41) is 0. The zero-order valence-electron chi connectivity index (χ0n) is 12.4. The van der Waals surface area contributed by atoms with Crippen molar-refractivity contribution in [1.82, 2.24) is 4.48 Å². The largest absolute Gasteiger partial charge is 0.870 e. The molecule has 1 N–H and O–H groups in total. The summed E-state index contributed by atoms with van der Waals surface area (Å²) in [6, 6.07) is 9.17. The lowest BCUT2D eigenvalue weighted by molar-refractivity contribution is 0.273. The topological polar surface area (TPSA) is 30.0 Å². The fourth-order valence-electron chi connectivity index (χ4n) is 2.87. The third-order valence-electron chi connectivity index (χ3n) is 3.54. The van der Waals surface area contributed by atoms with E-state index in [1.807, 2.05) is 0 Å². The van der Waals surface area contributed by atoms with E-state index in [0.717, 1.165) is 0 Å². The normalized spacial score (nSPS) is 11.1. The Hall–Kier alpha value is -0.860. The van der Waals surface area contributed by atoms with Crippen LogP contribution in [0.2, 0.25) is 0 Å². The summed E-state index contributed by atoms with van der Waals surface area (Å²) in [5.74, 6) is 0. The number of rotatable bonds is 7. The van der Waals surface area contributed by atoms with Crippen LogP contribution in [-0.4, -0.2) is 25.1 Å². The van der Waals surface area contributed by atoms with E-state index in [1.165, 1.54) is 54.6 Å². The number of quaternary nitrogens is 1. The van der Waals surface area contributed by atoms with E-state index in [0.29, 0.717) is 0 Å². The standard InChI is InChI=1S/C16H28N.H2O/c1-5-12-17(13-6-2,14-7-3)16-10-8-15(4)9-11-16;/h8-11H,5-7,12-14H2,1-4H3;1H2/q+1;/p-1. The molecule has 0 amide bonds. The predicted molar refractivity (Wildman–Crippen MR) is 80.4 cm³/mol. The molecule has 0 unspecified atom stereocenters. The summed E-state index contributed by atoms with van der Waals surface area (Å²) in [5.41, 5.74) is 2.86. The van der Waals surface area contributed by atoms with Crippen molar-refractivity contribution in [1.29, 1.82) is 0 Å². The molecule has 0 heterocycles. The number of aryl methyl sites for hydroxylation is 1. The quantitative estimate of drug-likeness (QED) is 0.662. The van der Waals surface area contributed by atoms with Gasteiger partial charge in [0.1, 0.15) is 5.69 Å². The molecule has 0 aliphatic rings. The second-order valence-corrected chi connectivity index (χ2v) is 5.15. The Balaban J connectivity index is 0.00000289. The minimum atomic E-state index is 0. The van der Waals surface area contributed by atoms with Gasteiger partial charge in [-0.25, -0.2) is 0 Å². The Kier molecular flexibility index (Phi) is 7.88. The predicted octanol–water partition coefficient (Wildman–Crippen LogP) is 4.36. The maximum atomic E-state index is 2.33. The lowest BCUT2D eigenvalue weighted by atomic mass is 10.1. The highest BCUT2D eigenvalue weighted by atomic mass is 16.0. The molecule has 0 atom stereocenters. The van der Waals surface area contributed by atoms with Crippen LogP contribution in [-0.2, 0) is 0 Å². The van der Waals surface area contributed by atoms with E-state index in [9.17, 15) is 0 Å². The maximum absolute atomic E-state index is 2.33. The van der Waals surface area contributed by atoms with Gasteiger partial charge in [0.05, 0.1) is 19.6 Å². The van der Waals surface area contributed by atoms with Gasteiger partial charge in [-0.3, -0.25) is 4.48 Å². The minimum Gasteiger partial charge on any atom is -0.870 e. The van der Waals surface area contributed by atoms with Crippen LogP contribution in [0.5, 0.6) is 0 Å². The molecule has 1 aromatic rings. The lowest BCUT2D eigenvalue weighted by Gasteiger charge is -2.38. The van der Waals surface area contributed by atoms with Gasteiger partial charge in [0.25, 0.3) is 0 Å². The van der Waals surface area contributed by atoms with Crippen LogP contribution in [0.3, 0.4) is 0 Å². The number of benzene rings is 1. The molecule has 2 heteroatoms. The van der Waals surface area contributed by atoms with Gasteiger partial charge in [-0.1, -0.05) is 38.5 Å². The third kappa shape index (κ3) is 4.11. The Morgan fingerprint density at radius 2 is 1.17 bits per heavy atom. The average Bonchev–Trinajstić information content (AvgIpc) is 2.30. The fraction of sp³-hybridized carbons (Fsp3) is 0.625. The molecule has 0 radical (unpaired) electrons. The van der Waals surface area contributed by atoms with Crippen LogP contribution in [0.25, 0.3) is 0 Å². The van der Waals surface area contributed by atoms with Crippen molar-refractivity contribution in [2.24, 2.45) is 0 Å². The summed E-state index contributed by atoms with van der Waals surface area (Å²) in [6.45, 7) is 12.9. The summed E-state index contributed by atoms with van der Waals surface area (Å²) in [6.07, 6.45) is 3.77. The highest BCUT2D eigenvalue weighted by Gasteiger charge is 2.27. The van der Waals surface area contributed by atoms with E-state index in [2.05, 4.69) is 52.0 Å². The van der Waals surface area contributed by atoms with Crippen molar-refractivity contribution in [2.45, 2.75) is 47.0 Å². The van der Waals surface area contributed by atoms with Crippen LogP contribution in [0.1, 0.15) is 45.6 Å². The van der Waals surface area contributed by atoms with Crippen molar-refractivity contribution in [3.05, 3.63) is 29.8 Å². The monoisotopic (exact) mass is 251 g/mol. The highest BCUT2D eigenvalue weighted by molar-refractivity contribution is 5.44. The minimum absolute atomic E-state index is 0. The maximum Gasteiger partial charge on any atom is 0.132 e. The molecule has 1 rings (SSSR count). The molecule has 0 spiro atoms. The van der Waals surface area contributed by atoms with E-state index in [-0.39, 0.29) is 5.48 Å². The summed E-state index contributed by atoms with van der Waals surface area (Å²) < 4.78 is 1.17. The second kappa shape index (κ2) is 8.28. The van der Waals surface area contributed by atoms with Crippen LogP contribution in [0.15, 0.2) is 24.3 Å². The first-order valence-electron chi connectivity index (χ1n) is 7.11. The van der Waals surface area contributed by atoms with Gasteiger partial charge in [-0.05, 0) is 38.3 Å². The Labute approximate surface area is 113 Å². The molecule has 2 nitrogen and oxygen atoms in total. The molecule has 0 saturated heterocycles. The van der Waals surface area contributed by atoms with Crippen molar-refractivity contribution in [3.8, 4) is 0 Å². The molecule has 0 aliphatic carbocycles. The van der Waals surface area contributed by atoms with E-state index < -0.39 is 0 Å². The molecule has 1 aromatic carbocycles. The molecule has 104 valence electrons. The molecular formula is C16H29NO. The van der Waals surface area contributed by atoms with Crippen LogP contribution in [0, 0.1) is 6.92 Å². The molecule has 0 aliphatic heterocycles. The van der Waals surface area contributed by atoms with Gasteiger partial charge in [0.15, 0.2) is 0 Å². The first kappa shape index (κ1) is 17.1.